The first-order valence-electron chi connectivity index (χ1n) is 11.0. The first-order valence-corrected chi connectivity index (χ1v) is 12.0. The van der Waals surface area contributed by atoms with Crippen LogP contribution in [0.2, 0.25) is 0 Å². The molecular weight excluding hydrogens is 384 g/mol. The summed E-state index contributed by atoms with van der Waals surface area (Å²) in [6.45, 7) is 3.52. The summed E-state index contributed by atoms with van der Waals surface area (Å²) in [7, 11) is 0. The van der Waals surface area contributed by atoms with Crippen LogP contribution in [0.25, 0.3) is 0 Å². The van der Waals surface area contributed by atoms with E-state index in [1.165, 1.54) is 54.4 Å². The number of thioether (sulfide) groups is 1. The summed E-state index contributed by atoms with van der Waals surface area (Å²) in [4.78, 5) is 18.4. The third-order valence-electron chi connectivity index (χ3n) is 6.20. The Balaban J connectivity index is 1.50. The fraction of sp³-hybridized carbons (Fsp3) is 0.682. The smallest absolute Gasteiger partial charge is 0.278 e. The number of carbonyl (C=O) groups excluding carboxylic acids is 1. The normalized spacial score (nSPS) is 21.5. The van der Waals surface area contributed by atoms with Crippen LogP contribution in [0.15, 0.2) is 5.03 Å². The van der Waals surface area contributed by atoms with E-state index < -0.39 is 0 Å². The molecule has 0 aromatic carbocycles. The van der Waals surface area contributed by atoms with Crippen LogP contribution in [-0.4, -0.2) is 44.0 Å². The molecule has 2 aliphatic heterocycles. The van der Waals surface area contributed by atoms with Crippen LogP contribution < -0.4 is 15.2 Å². The third-order valence-corrected chi connectivity index (χ3v) is 7.20. The summed E-state index contributed by atoms with van der Waals surface area (Å²) in [5, 5.41) is 13.7. The van der Waals surface area contributed by atoms with Gasteiger partial charge in [0, 0.05) is 18.7 Å². The topological polar surface area (TPSA) is 79.5 Å². The number of anilines is 1. The molecule has 6 nitrogen and oxygen atoms in total. The summed E-state index contributed by atoms with van der Waals surface area (Å²) < 4.78 is 5.57. The summed E-state index contributed by atoms with van der Waals surface area (Å²) in [6, 6.07) is 2.43. The van der Waals surface area contributed by atoms with Gasteiger partial charge in [0.2, 0.25) is 5.91 Å². The minimum atomic E-state index is 0.0000305. The second-order valence-electron chi connectivity index (χ2n) is 8.23. The van der Waals surface area contributed by atoms with E-state index in [9.17, 15) is 10.1 Å². The molecule has 3 heterocycles. The molecule has 0 bridgehead atoms. The van der Waals surface area contributed by atoms with Crippen molar-refractivity contribution in [2.24, 2.45) is 0 Å². The van der Waals surface area contributed by atoms with Crippen molar-refractivity contribution in [1.29, 1.82) is 5.26 Å². The number of aromatic nitrogens is 1. The van der Waals surface area contributed by atoms with Crippen molar-refractivity contribution < 1.29 is 14.5 Å². The Morgan fingerprint density at radius 3 is 2.69 bits per heavy atom. The first-order chi connectivity index (χ1) is 14.3. The first kappa shape index (κ1) is 20.5. The van der Waals surface area contributed by atoms with Gasteiger partial charge >= 0.3 is 0 Å². The molecule has 1 amide bonds. The minimum absolute atomic E-state index is 0.0000305. The van der Waals surface area contributed by atoms with E-state index in [0.717, 1.165) is 62.4 Å². The van der Waals surface area contributed by atoms with Gasteiger partial charge in [0.1, 0.15) is 11.6 Å². The average Bonchev–Trinajstić information content (AvgIpc) is 3.29. The number of ether oxygens (including phenoxy) is 1. The largest absolute Gasteiger partial charge is 0.376 e. The van der Waals surface area contributed by atoms with Crippen LogP contribution in [0.1, 0.15) is 61.6 Å². The van der Waals surface area contributed by atoms with Crippen molar-refractivity contribution in [3.63, 3.8) is 0 Å². The summed E-state index contributed by atoms with van der Waals surface area (Å²) >= 11 is 1.46. The van der Waals surface area contributed by atoms with Gasteiger partial charge in [0.25, 0.3) is 5.82 Å². The second-order valence-corrected chi connectivity index (χ2v) is 9.21. The molecule has 1 aromatic rings. The van der Waals surface area contributed by atoms with E-state index in [1.54, 1.807) is 0 Å². The number of H-pyrrole nitrogens is 1. The highest BCUT2D eigenvalue weighted by Crippen LogP contribution is 2.34. The van der Waals surface area contributed by atoms with Crippen LogP contribution in [0.4, 0.5) is 5.82 Å². The van der Waals surface area contributed by atoms with E-state index >= 15 is 0 Å². The molecule has 0 saturated carbocycles. The molecule has 2 N–H and O–H groups in total. The van der Waals surface area contributed by atoms with Crippen molar-refractivity contribution in [1.82, 2.24) is 5.32 Å². The van der Waals surface area contributed by atoms with Crippen LogP contribution in [0.3, 0.4) is 0 Å². The lowest BCUT2D eigenvalue weighted by Crippen LogP contribution is -2.37. The van der Waals surface area contributed by atoms with E-state index in [-0.39, 0.29) is 12.0 Å². The number of hydrogen-bond donors (Lipinski definition) is 1. The molecule has 7 heteroatoms. The molecule has 0 radical (unpaired) electrons. The monoisotopic (exact) mass is 415 g/mol. The number of nitrogens with one attached hydrogen (secondary N) is 2. The number of nitrogens with zero attached hydrogens (tertiary/aromatic N) is 2. The molecule has 0 spiro atoms. The Bertz CT molecular complexity index is 780. The molecule has 1 aliphatic carbocycles. The maximum absolute atomic E-state index is 12.4. The molecule has 3 aliphatic rings. The minimum Gasteiger partial charge on any atom is -0.376 e. The van der Waals surface area contributed by atoms with Crippen LogP contribution in [0.5, 0.6) is 0 Å². The van der Waals surface area contributed by atoms with E-state index in [4.69, 9.17) is 4.74 Å². The van der Waals surface area contributed by atoms with Crippen molar-refractivity contribution in [3.05, 3.63) is 16.7 Å². The Labute approximate surface area is 177 Å². The number of nitriles is 1. The average molecular weight is 416 g/mol. The standard InChI is InChI=1S/C22H30N4O2S/c23-13-19-17-8-2-3-9-18(17)21(26-10-4-1-5-11-26)25-22(19)29-15-20(27)24-14-16-7-6-12-28-16/h16H,1-12,14-15H2,(H,24,27)/p+1/t16-/m1/s1. The van der Waals surface area contributed by atoms with Crippen molar-refractivity contribution in [2.75, 3.05) is 36.9 Å². The molecule has 4 rings (SSSR count). The quantitative estimate of drug-likeness (QED) is 0.723. The molecular formula is C22H31N4O2S+. The lowest BCUT2D eigenvalue weighted by Gasteiger charge is -2.26. The zero-order valence-corrected chi connectivity index (χ0v) is 17.9. The van der Waals surface area contributed by atoms with Gasteiger partial charge < -0.3 is 10.1 Å². The van der Waals surface area contributed by atoms with E-state index in [2.05, 4.69) is 21.3 Å². The van der Waals surface area contributed by atoms with Gasteiger partial charge in [-0.3, -0.25) is 9.69 Å². The maximum Gasteiger partial charge on any atom is 0.278 e. The van der Waals surface area contributed by atoms with Crippen molar-refractivity contribution in [2.45, 2.75) is 68.9 Å². The van der Waals surface area contributed by atoms with Crippen LogP contribution >= 0.6 is 11.8 Å². The van der Waals surface area contributed by atoms with Gasteiger partial charge in [0.05, 0.1) is 24.9 Å². The molecule has 1 atom stereocenters. The Morgan fingerprint density at radius 1 is 1.17 bits per heavy atom. The number of pyridine rings is 1. The molecule has 1 aromatic heterocycles. The fourth-order valence-electron chi connectivity index (χ4n) is 4.66. The second kappa shape index (κ2) is 9.82. The fourth-order valence-corrected chi connectivity index (χ4v) is 5.52. The van der Waals surface area contributed by atoms with Gasteiger partial charge in [0.15, 0.2) is 5.03 Å². The van der Waals surface area contributed by atoms with E-state index in [1.807, 2.05) is 0 Å². The number of piperidine rings is 1. The van der Waals surface area contributed by atoms with Gasteiger partial charge in [-0.25, -0.2) is 4.98 Å². The highest BCUT2D eigenvalue weighted by Gasteiger charge is 2.30. The van der Waals surface area contributed by atoms with Crippen LogP contribution in [0, 0.1) is 11.3 Å². The lowest BCUT2D eigenvalue weighted by molar-refractivity contribution is -0.414. The van der Waals surface area contributed by atoms with Gasteiger partial charge in [-0.2, -0.15) is 5.26 Å². The number of hydrogen-bond acceptors (Lipinski definition) is 5. The third kappa shape index (κ3) is 4.87. The molecule has 0 unspecified atom stereocenters. The molecule has 2 fully saturated rings. The van der Waals surface area contributed by atoms with E-state index in [0.29, 0.717) is 12.3 Å². The van der Waals surface area contributed by atoms with Gasteiger partial charge in [-0.1, -0.05) is 11.8 Å². The number of rotatable bonds is 6. The lowest BCUT2D eigenvalue weighted by atomic mass is 9.89. The van der Waals surface area contributed by atoms with Crippen LogP contribution in [-0.2, 0) is 22.4 Å². The Kier molecular flexibility index (Phi) is 6.94. The summed E-state index contributed by atoms with van der Waals surface area (Å²) in [5.41, 5.74) is 3.29. The van der Waals surface area contributed by atoms with Crippen molar-refractivity contribution in [3.8, 4) is 6.07 Å². The molecule has 156 valence electrons. The number of carbonyl (C=O) groups is 1. The SMILES string of the molecule is N#Cc1c(SCC(=O)NC[C@H]2CCCO2)[nH+]c(N2CCCCC2)c2c1CCCC2. The highest BCUT2D eigenvalue weighted by atomic mass is 32.2. The number of amides is 1. The zero-order chi connectivity index (χ0) is 20.1. The highest BCUT2D eigenvalue weighted by molar-refractivity contribution is 7.99. The zero-order valence-electron chi connectivity index (χ0n) is 17.1. The maximum atomic E-state index is 12.4. The Hall–Kier alpha value is -1.78. The molecule has 2 saturated heterocycles. The summed E-state index contributed by atoms with van der Waals surface area (Å²) in [6.07, 6.45) is 10.3. The van der Waals surface area contributed by atoms with Gasteiger partial charge in [-0.15, -0.1) is 0 Å². The molecule has 29 heavy (non-hydrogen) atoms. The van der Waals surface area contributed by atoms with Crippen molar-refractivity contribution >= 4 is 23.5 Å². The van der Waals surface area contributed by atoms with Gasteiger partial charge in [-0.05, 0) is 63.4 Å². The summed E-state index contributed by atoms with van der Waals surface area (Å²) in [5.74, 6) is 1.51. The predicted molar refractivity (Wildman–Crippen MR) is 113 cm³/mol. The number of fused-ring (bicyclic) bond motifs is 1. The Morgan fingerprint density at radius 2 is 1.97 bits per heavy atom. The number of aromatic amines is 1. The predicted octanol–water partition coefficient (Wildman–Crippen LogP) is 2.63.